The van der Waals surface area contributed by atoms with Crippen molar-refractivity contribution in [2.75, 3.05) is 35.5 Å². The minimum absolute atomic E-state index is 0.0454. The molecule has 0 fully saturated rings. The van der Waals surface area contributed by atoms with Gasteiger partial charge >= 0.3 is 23.9 Å². The van der Waals surface area contributed by atoms with Gasteiger partial charge in [0.05, 0.1) is 11.5 Å². The lowest BCUT2D eigenvalue weighted by molar-refractivity contribution is -0.141. The molecule has 20 nitrogen and oxygen atoms in total. The van der Waals surface area contributed by atoms with Gasteiger partial charge in [-0.15, -0.1) is 0 Å². The lowest BCUT2D eigenvalue weighted by Crippen LogP contribution is -2.54. The van der Waals surface area contributed by atoms with Crippen LogP contribution in [0.15, 0.2) is 0 Å². The van der Waals surface area contributed by atoms with E-state index in [0.717, 1.165) is 21.6 Å². The molecular formula is C26H44N6O14S4. The molecule has 12 N–H and O–H groups in total. The van der Waals surface area contributed by atoms with Crippen molar-refractivity contribution in [3.63, 3.8) is 0 Å². The number of carboxylic acid groups (broad SMARTS) is 4. The third kappa shape index (κ3) is 21.0. The van der Waals surface area contributed by atoms with E-state index in [1.165, 1.54) is 12.5 Å². The molecule has 0 bridgehead atoms. The van der Waals surface area contributed by atoms with Gasteiger partial charge in [0.15, 0.2) is 0 Å². The Labute approximate surface area is 300 Å². The Balaban J connectivity index is 5.78. The molecule has 4 amide bonds. The molecule has 0 rings (SSSR count). The van der Waals surface area contributed by atoms with Gasteiger partial charge in [-0.05, 0) is 25.7 Å². The number of carbonyl (C=O) groups excluding carboxylic acids is 4. The fourth-order valence-electron chi connectivity index (χ4n) is 3.71. The van der Waals surface area contributed by atoms with Gasteiger partial charge < -0.3 is 53.2 Å². The van der Waals surface area contributed by atoms with Gasteiger partial charge in [0.25, 0.3) is 0 Å². The Kier molecular flexibility index (Phi) is 23.1. The van der Waals surface area contributed by atoms with Crippen LogP contribution in [0.3, 0.4) is 0 Å². The molecule has 0 aliphatic rings. The van der Waals surface area contributed by atoms with Crippen LogP contribution in [0.2, 0.25) is 0 Å². The quantitative estimate of drug-likeness (QED) is 0.0284. The molecule has 0 heterocycles. The molecule has 0 aromatic heterocycles. The molecule has 286 valence electrons. The van der Waals surface area contributed by atoms with Crippen molar-refractivity contribution in [3.8, 4) is 0 Å². The third-order valence-electron chi connectivity index (χ3n) is 6.36. The van der Waals surface area contributed by atoms with E-state index in [9.17, 15) is 57.0 Å². The average molecular weight is 793 g/mol. The summed E-state index contributed by atoms with van der Waals surface area (Å²) in [6.07, 6.45) is 1.98. The second-order valence-corrected chi connectivity index (χ2v) is 16.3. The van der Waals surface area contributed by atoms with Gasteiger partial charge in [0, 0.05) is 58.5 Å². The highest BCUT2D eigenvalue weighted by Gasteiger charge is 2.30. The van der Waals surface area contributed by atoms with E-state index in [2.05, 4.69) is 21.3 Å². The van der Waals surface area contributed by atoms with Crippen LogP contribution in [0.25, 0.3) is 0 Å². The van der Waals surface area contributed by atoms with E-state index in [1.54, 1.807) is 0 Å². The molecule has 0 aromatic rings. The number of hydrogen-bond donors (Lipinski definition) is 10. The molecule has 0 aliphatic carbocycles. The first kappa shape index (κ1) is 46.7. The molecule has 0 saturated heterocycles. The topological polar surface area (TPSA) is 352 Å². The Bertz CT molecular complexity index is 1180. The summed E-state index contributed by atoms with van der Waals surface area (Å²) in [6, 6.07) is -8.32. The van der Waals surface area contributed by atoms with Crippen LogP contribution in [-0.4, -0.2) is 148 Å². The van der Waals surface area contributed by atoms with Crippen LogP contribution in [0, 0.1) is 0 Å². The number of carbonyl (C=O) groups is 8. The molecule has 24 heteroatoms. The van der Waals surface area contributed by atoms with E-state index in [0.29, 0.717) is 0 Å². The maximum atomic E-state index is 13.0. The first-order chi connectivity index (χ1) is 23.2. The van der Waals surface area contributed by atoms with Crippen molar-refractivity contribution < 1.29 is 67.2 Å². The fraction of sp³-hybridized carbons (Fsp3) is 0.692. The zero-order valence-corrected chi connectivity index (χ0v) is 30.5. The average Bonchev–Trinajstić information content (AvgIpc) is 3.00. The van der Waals surface area contributed by atoms with Crippen molar-refractivity contribution in [1.29, 1.82) is 0 Å². The molecule has 0 aliphatic heterocycles. The summed E-state index contributed by atoms with van der Waals surface area (Å²) in [5.74, 6) is -10.1. The number of aliphatic carboxylic acids is 4. The summed E-state index contributed by atoms with van der Waals surface area (Å²) >= 11 is 0. The zero-order valence-electron chi connectivity index (χ0n) is 27.2. The highest BCUT2D eigenvalue weighted by atomic mass is 33.1. The Hall–Kier alpha value is -3.32. The monoisotopic (exact) mass is 792 g/mol. The normalized spacial score (nSPS) is 15.8. The van der Waals surface area contributed by atoms with Crippen molar-refractivity contribution in [1.82, 2.24) is 21.3 Å². The highest BCUT2D eigenvalue weighted by Crippen LogP contribution is 2.23. The van der Waals surface area contributed by atoms with Crippen molar-refractivity contribution >= 4 is 90.7 Å². The predicted octanol–water partition coefficient (Wildman–Crippen LogP) is -3.60. The number of amides is 4. The molecule has 0 aromatic carbocycles. The van der Waals surface area contributed by atoms with Crippen LogP contribution in [0.4, 0.5) is 0 Å². The van der Waals surface area contributed by atoms with Crippen molar-refractivity contribution in [2.45, 2.75) is 74.8 Å². The summed E-state index contributed by atoms with van der Waals surface area (Å²) in [5, 5.41) is 45.9. The molecule has 4 unspecified atom stereocenters. The second-order valence-electron chi connectivity index (χ2n) is 10.8. The van der Waals surface area contributed by atoms with Crippen molar-refractivity contribution in [2.24, 2.45) is 11.5 Å². The van der Waals surface area contributed by atoms with Crippen molar-refractivity contribution in [3.05, 3.63) is 0 Å². The minimum Gasteiger partial charge on any atom is -0.480 e. The number of nitrogens with one attached hydrogen (secondary N) is 4. The summed E-state index contributed by atoms with van der Waals surface area (Å²) < 4.78 is 23.2. The highest BCUT2D eigenvalue weighted by molar-refractivity contribution is 8.76. The van der Waals surface area contributed by atoms with E-state index in [1.807, 2.05) is 0 Å². The predicted molar refractivity (Wildman–Crippen MR) is 185 cm³/mol. The van der Waals surface area contributed by atoms with Gasteiger partial charge in [-0.25, -0.2) is 9.59 Å². The van der Waals surface area contributed by atoms with Gasteiger partial charge in [0.1, 0.15) is 36.3 Å². The van der Waals surface area contributed by atoms with Crippen LogP contribution in [-0.2, 0) is 60.0 Å². The van der Waals surface area contributed by atoms with Gasteiger partial charge in [-0.3, -0.25) is 37.2 Å². The maximum absolute atomic E-state index is 13.0. The molecule has 0 radical (unpaired) electrons. The molecule has 0 spiro atoms. The Morgan fingerprint density at radius 3 is 1.14 bits per heavy atom. The number of nitrogens with two attached hydrogens (primary N) is 2. The number of rotatable bonds is 27. The summed E-state index contributed by atoms with van der Waals surface area (Å²) in [4.78, 5) is 96.3. The summed E-state index contributed by atoms with van der Waals surface area (Å²) in [6.45, 7) is 0. The fourth-order valence-corrected chi connectivity index (χ4v) is 7.43. The second kappa shape index (κ2) is 24.8. The molecule has 8 atom stereocenters. The first-order valence-electron chi connectivity index (χ1n) is 14.7. The minimum atomic E-state index is -1.62. The van der Waals surface area contributed by atoms with Crippen LogP contribution in [0.5, 0.6) is 0 Å². The first-order valence-corrected chi connectivity index (χ1v) is 20.7. The van der Waals surface area contributed by atoms with E-state index < -0.39 is 117 Å². The smallest absolute Gasteiger partial charge is 0.327 e. The maximum Gasteiger partial charge on any atom is 0.327 e. The molecular weight excluding hydrogens is 749 g/mol. The van der Waals surface area contributed by atoms with E-state index in [-0.39, 0.29) is 50.0 Å². The largest absolute Gasteiger partial charge is 0.480 e. The lowest BCUT2D eigenvalue weighted by Gasteiger charge is -2.22. The molecule has 0 saturated carbocycles. The van der Waals surface area contributed by atoms with Gasteiger partial charge in [-0.2, -0.15) is 0 Å². The third-order valence-corrected chi connectivity index (χ3v) is 10.4. The number of carboxylic acids is 4. The van der Waals surface area contributed by atoms with Crippen LogP contribution in [0.1, 0.15) is 38.5 Å². The Morgan fingerprint density at radius 1 is 0.560 bits per heavy atom. The van der Waals surface area contributed by atoms with Gasteiger partial charge in [-0.1, -0.05) is 21.6 Å². The van der Waals surface area contributed by atoms with Gasteiger partial charge in [0.2, 0.25) is 23.6 Å². The lowest BCUT2D eigenvalue weighted by atomic mass is 10.1. The summed E-state index contributed by atoms with van der Waals surface area (Å²) in [7, 11) is -1.43. The van der Waals surface area contributed by atoms with E-state index in [4.69, 9.17) is 21.7 Å². The zero-order chi connectivity index (χ0) is 38.6. The standard InChI is InChI=1S/C26H44N6O14S4/c1-49(45)11-17(25(41)42)31-21(35)15(29-19(33)7-3-5-13(27)23(37)38)9-47-48-10-16(22(36)32-18(26(43)44)12-50(2)46)30-20(34)8-4-6-14(28)24(39)40/h13-18H,3-12,27-28H2,1-2H3,(H,29,33)(H,30,34)(H,31,35)(H,32,36)(H,37,38)(H,39,40)(H,41,42)(H,43,44)/t13-,14-,15?,16?,17+,18+,49?,50?/m0/s1. The SMILES string of the molecule is CS(=O)C[C@@H](NC(=O)C(CSSCC(NC(=O)CCC[C@H](N)C(=O)O)C(=O)N[C@H](CS(C)=O)C(=O)O)NC(=O)CCC[C@H](N)C(=O)O)C(=O)O. The van der Waals surface area contributed by atoms with Crippen LogP contribution < -0.4 is 32.7 Å². The summed E-state index contributed by atoms with van der Waals surface area (Å²) in [5.41, 5.74) is 10.9. The molecule has 50 heavy (non-hydrogen) atoms. The number of hydrogen-bond acceptors (Lipinski definition) is 14. The van der Waals surface area contributed by atoms with E-state index >= 15 is 0 Å². The Morgan fingerprint density at radius 2 is 0.880 bits per heavy atom. The van der Waals surface area contributed by atoms with Crippen LogP contribution >= 0.6 is 21.6 Å².